The summed E-state index contributed by atoms with van der Waals surface area (Å²) in [7, 11) is 1.66. The van der Waals surface area contributed by atoms with Gasteiger partial charge in [0.1, 0.15) is 12.0 Å². The normalized spacial score (nSPS) is 12.0. The first-order valence-electron chi connectivity index (χ1n) is 10.2. The third-order valence-electron chi connectivity index (χ3n) is 4.95. The second kappa shape index (κ2) is 10.6. The molecular formula is C24H29N3O3. The first-order valence-corrected chi connectivity index (χ1v) is 10.2. The van der Waals surface area contributed by atoms with E-state index in [1.54, 1.807) is 7.11 Å². The number of aromatic nitrogens is 1. The standard InChI is InChI=1S/C24H29N3O3/c1-4-18(2)25-24(28)22-17-30-23(26-22)16-27(14-19-8-6-5-7-9-19)15-20-10-12-21(29-3)13-11-20/h5-13,17-18H,4,14-16H2,1-3H3,(H,25,28). The SMILES string of the molecule is CCC(C)NC(=O)c1coc(CN(Cc2ccccc2)Cc2ccc(OC)cc2)n1. The van der Waals surface area contributed by atoms with Crippen LogP contribution in [0.15, 0.2) is 65.3 Å². The van der Waals surface area contributed by atoms with Crippen molar-refractivity contribution in [3.63, 3.8) is 0 Å². The molecule has 1 heterocycles. The van der Waals surface area contributed by atoms with Gasteiger partial charge in [-0.25, -0.2) is 4.98 Å². The summed E-state index contributed by atoms with van der Waals surface area (Å²) in [6.45, 7) is 5.95. The van der Waals surface area contributed by atoms with E-state index in [1.165, 1.54) is 11.8 Å². The number of carbonyl (C=O) groups is 1. The molecule has 2 aromatic carbocycles. The number of nitrogens with zero attached hydrogens (tertiary/aromatic N) is 2. The minimum Gasteiger partial charge on any atom is -0.497 e. The Labute approximate surface area is 177 Å². The number of benzene rings is 2. The second-order valence-electron chi connectivity index (χ2n) is 7.39. The molecule has 0 spiro atoms. The van der Waals surface area contributed by atoms with E-state index in [2.05, 4.69) is 39.5 Å². The van der Waals surface area contributed by atoms with Crippen molar-refractivity contribution in [2.75, 3.05) is 7.11 Å². The van der Waals surface area contributed by atoms with Crippen LogP contribution in [0.25, 0.3) is 0 Å². The average Bonchev–Trinajstić information content (AvgIpc) is 3.23. The summed E-state index contributed by atoms with van der Waals surface area (Å²) in [6.07, 6.45) is 2.30. The molecule has 1 amide bonds. The van der Waals surface area contributed by atoms with Crippen LogP contribution in [0, 0.1) is 0 Å². The van der Waals surface area contributed by atoms with Gasteiger partial charge in [-0.1, -0.05) is 49.4 Å². The van der Waals surface area contributed by atoms with E-state index >= 15 is 0 Å². The molecule has 1 aromatic heterocycles. The Morgan fingerprint density at radius 2 is 1.73 bits per heavy atom. The van der Waals surface area contributed by atoms with E-state index < -0.39 is 0 Å². The van der Waals surface area contributed by atoms with E-state index in [0.29, 0.717) is 18.1 Å². The molecular weight excluding hydrogens is 378 g/mol. The molecule has 3 rings (SSSR count). The van der Waals surface area contributed by atoms with Crippen LogP contribution in [0.2, 0.25) is 0 Å². The van der Waals surface area contributed by atoms with Crippen LogP contribution in [0.5, 0.6) is 5.75 Å². The van der Waals surface area contributed by atoms with Gasteiger partial charge in [-0.2, -0.15) is 0 Å². The molecule has 30 heavy (non-hydrogen) atoms. The molecule has 158 valence electrons. The molecule has 0 aliphatic heterocycles. The third-order valence-corrected chi connectivity index (χ3v) is 4.95. The predicted octanol–water partition coefficient (Wildman–Crippen LogP) is 4.41. The average molecular weight is 408 g/mol. The summed E-state index contributed by atoms with van der Waals surface area (Å²) in [5.41, 5.74) is 2.68. The van der Waals surface area contributed by atoms with Crippen LogP contribution in [-0.4, -0.2) is 28.9 Å². The monoisotopic (exact) mass is 407 g/mol. The predicted molar refractivity (Wildman–Crippen MR) is 116 cm³/mol. The minimum atomic E-state index is -0.205. The largest absolute Gasteiger partial charge is 0.497 e. The number of hydrogen-bond acceptors (Lipinski definition) is 5. The third kappa shape index (κ3) is 6.19. The molecule has 0 aliphatic rings. The fourth-order valence-corrected chi connectivity index (χ4v) is 3.08. The zero-order valence-corrected chi connectivity index (χ0v) is 17.8. The highest BCUT2D eigenvalue weighted by Gasteiger charge is 2.17. The summed E-state index contributed by atoms with van der Waals surface area (Å²) in [5, 5.41) is 2.92. The van der Waals surface area contributed by atoms with Crippen LogP contribution < -0.4 is 10.1 Å². The topological polar surface area (TPSA) is 67.6 Å². The lowest BCUT2D eigenvalue weighted by atomic mass is 10.1. The summed E-state index contributed by atoms with van der Waals surface area (Å²) >= 11 is 0. The highest BCUT2D eigenvalue weighted by Crippen LogP contribution is 2.17. The maximum absolute atomic E-state index is 12.3. The molecule has 0 saturated carbocycles. The number of hydrogen-bond donors (Lipinski definition) is 1. The molecule has 0 saturated heterocycles. The Kier molecular flexibility index (Phi) is 7.63. The van der Waals surface area contributed by atoms with Crippen molar-refractivity contribution in [3.05, 3.63) is 83.6 Å². The first kappa shape index (κ1) is 21.6. The maximum Gasteiger partial charge on any atom is 0.273 e. The first-order chi connectivity index (χ1) is 14.6. The van der Waals surface area contributed by atoms with E-state index in [9.17, 15) is 4.79 Å². The molecule has 0 bridgehead atoms. The highest BCUT2D eigenvalue weighted by atomic mass is 16.5. The molecule has 0 fully saturated rings. The quantitative estimate of drug-likeness (QED) is 0.539. The van der Waals surface area contributed by atoms with Crippen molar-refractivity contribution in [1.29, 1.82) is 0 Å². The van der Waals surface area contributed by atoms with Gasteiger partial charge in [0.25, 0.3) is 5.91 Å². The zero-order chi connectivity index (χ0) is 21.3. The molecule has 1 unspecified atom stereocenters. The molecule has 1 N–H and O–H groups in total. The molecule has 0 aliphatic carbocycles. The summed E-state index contributed by atoms with van der Waals surface area (Å²) in [4.78, 5) is 18.9. The number of ether oxygens (including phenoxy) is 1. The van der Waals surface area contributed by atoms with E-state index in [1.807, 2.05) is 44.2 Å². The Bertz CT molecular complexity index is 922. The smallest absolute Gasteiger partial charge is 0.273 e. The number of methoxy groups -OCH3 is 1. The van der Waals surface area contributed by atoms with Crippen LogP contribution >= 0.6 is 0 Å². The van der Waals surface area contributed by atoms with Crippen molar-refractivity contribution in [2.45, 2.75) is 45.9 Å². The molecule has 6 heteroatoms. The molecule has 0 radical (unpaired) electrons. The molecule has 1 atom stereocenters. The van der Waals surface area contributed by atoms with E-state index in [4.69, 9.17) is 9.15 Å². The lowest BCUT2D eigenvalue weighted by molar-refractivity contribution is 0.0934. The van der Waals surface area contributed by atoms with Gasteiger partial charge in [0.2, 0.25) is 5.89 Å². The van der Waals surface area contributed by atoms with E-state index in [-0.39, 0.29) is 11.9 Å². The van der Waals surface area contributed by atoms with Crippen molar-refractivity contribution >= 4 is 5.91 Å². The zero-order valence-electron chi connectivity index (χ0n) is 17.8. The number of carbonyl (C=O) groups excluding carboxylic acids is 1. The van der Waals surface area contributed by atoms with Gasteiger partial charge in [-0.3, -0.25) is 9.69 Å². The fourth-order valence-electron chi connectivity index (χ4n) is 3.08. The maximum atomic E-state index is 12.3. The van der Waals surface area contributed by atoms with E-state index in [0.717, 1.165) is 30.8 Å². The summed E-state index contributed by atoms with van der Waals surface area (Å²) in [6, 6.07) is 18.4. The van der Waals surface area contributed by atoms with Crippen molar-refractivity contribution in [1.82, 2.24) is 15.2 Å². The molecule has 3 aromatic rings. The van der Waals surface area contributed by atoms with Crippen LogP contribution in [-0.2, 0) is 19.6 Å². The lowest BCUT2D eigenvalue weighted by Gasteiger charge is -2.21. The van der Waals surface area contributed by atoms with Crippen molar-refractivity contribution in [2.24, 2.45) is 0 Å². The fraction of sp³-hybridized carbons (Fsp3) is 0.333. The number of amides is 1. The van der Waals surface area contributed by atoms with Gasteiger partial charge >= 0.3 is 0 Å². The van der Waals surface area contributed by atoms with Crippen molar-refractivity contribution in [3.8, 4) is 5.75 Å². The van der Waals surface area contributed by atoms with Crippen LogP contribution in [0.1, 0.15) is 47.8 Å². The second-order valence-corrected chi connectivity index (χ2v) is 7.39. The van der Waals surface area contributed by atoms with Gasteiger partial charge in [-0.05, 0) is 36.6 Å². The van der Waals surface area contributed by atoms with Crippen LogP contribution in [0.3, 0.4) is 0 Å². The van der Waals surface area contributed by atoms with Gasteiger partial charge in [-0.15, -0.1) is 0 Å². The van der Waals surface area contributed by atoms with Gasteiger partial charge in [0.05, 0.1) is 13.7 Å². The Morgan fingerprint density at radius 1 is 1.07 bits per heavy atom. The number of oxazole rings is 1. The van der Waals surface area contributed by atoms with Crippen molar-refractivity contribution < 1.29 is 13.9 Å². The number of rotatable bonds is 10. The Morgan fingerprint density at radius 3 is 2.37 bits per heavy atom. The Hall–Kier alpha value is -3.12. The summed E-state index contributed by atoms with van der Waals surface area (Å²) < 4.78 is 10.9. The molecule has 6 nitrogen and oxygen atoms in total. The minimum absolute atomic E-state index is 0.0994. The highest BCUT2D eigenvalue weighted by molar-refractivity contribution is 5.92. The lowest BCUT2D eigenvalue weighted by Crippen LogP contribution is -2.32. The van der Waals surface area contributed by atoms with Crippen LogP contribution in [0.4, 0.5) is 0 Å². The van der Waals surface area contributed by atoms with Gasteiger partial charge in [0, 0.05) is 19.1 Å². The summed E-state index contributed by atoms with van der Waals surface area (Å²) in [5.74, 6) is 1.15. The van der Waals surface area contributed by atoms with Gasteiger partial charge < -0.3 is 14.5 Å². The Balaban J connectivity index is 1.72. The number of nitrogens with one attached hydrogen (secondary N) is 1. The van der Waals surface area contributed by atoms with Gasteiger partial charge in [0.15, 0.2) is 5.69 Å².